The molecular formula is C12H15N7O2. The van der Waals surface area contributed by atoms with E-state index >= 15 is 0 Å². The molecule has 1 saturated heterocycles. The van der Waals surface area contributed by atoms with Gasteiger partial charge in [-0.1, -0.05) is 0 Å². The molecule has 0 atom stereocenters. The largest absolute Gasteiger partial charge is 0.465 e. The van der Waals surface area contributed by atoms with E-state index < -0.39 is 5.97 Å². The first-order valence-corrected chi connectivity index (χ1v) is 6.41. The Morgan fingerprint density at radius 1 is 1.52 bits per heavy atom. The number of hydrogen-bond donors (Lipinski definition) is 3. The number of ether oxygens (including phenoxy) is 1. The minimum atomic E-state index is -0.544. The molecule has 0 radical (unpaired) electrons. The van der Waals surface area contributed by atoms with Crippen molar-refractivity contribution in [2.75, 3.05) is 31.2 Å². The lowest BCUT2D eigenvalue weighted by molar-refractivity contribution is 0.0603. The predicted molar refractivity (Wildman–Crippen MR) is 75.2 cm³/mol. The van der Waals surface area contributed by atoms with Crippen LogP contribution in [0.3, 0.4) is 0 Å². The van der Waals surface area contributed by atoms with Crippen LogP contribution in [0.25, 0.3) is 5.82 Å². The van der Waals surface area contributed by atoms with Crippen LogP contribution in [0.1, 0.15) is 10.4 Å². The van der Waals surface area contributed by atoms with Crippen LogP contribution >= 0.6 is 0 Å². The number of rotatable bonds is 4. The van der Waals surface area contributed by atoms with Crippen molar-refractivity contribution in [1.29, 1.82) is 0 Å². The summed E-state index contributed by atoms with van der Waals surface area (Å²) >= 11 is 0. The van der Waals surface area contributed by atoms with Crippen LogP contribution in [-0.4, -0.2) is 52.0 Å². The first-order valence-electron chi connectivity index (χ1n) is 6.41. The Balaban J connectivity index is 2.03. The van der Waals surface area contributed by atoms with E-state index in [4.69, 9.17) is 10.5 Å². The second-order valence-corrected chi connectivity index (χ2v) is 4.58. The van der Waals surface area contributed by atoms with E-state index in [9.17, 15) is 4.79 Å². The molecule has 9 heteroatoms. The number of aromatic nitrogens is 4. The molecule has 1 aliphatic rings. The van der Waals surface area contributed by atoms with Gasteiger partial charge >= 0.3 is 5.97 Å². The molecule has 0 bridgehead atoms. The van der Waals surface area contributed by atoms with E-state index in [0.29, 0.717) is 11.6 Å². The number of esters is 1. The Morgan fingerprint density at radius 2 is 2.33 bits per heavy atom. The first-order chi connectivity index (χ1) is 10.2. The molecule has 0 amide bonds. The smallest absolute Gasteiger partial charge is 0.345 e. The monoisotopic (exact) mass is 289 g/mol. The third-order valence-corrected chi connectivity index (χ3v) is 3.20. The molecular weight excluding hydrogens is 274 g/mol. The number of carbonyl (C=O) groups is 1. The summed E-state index contributed by atoms with van der Waals surface area (Å²) in [5, 5.41) is 10.6. The van der Waals surface area contributed by atoms with Crippen LogP contribution in [0, 0.1) is 0 Å². The van der Waals surface area contributed by atoms with Crippen LogP contribution in [0.5, 0.6) is 0 Å². The molecule has 3 heterocycles. The number of nitrogens with one attached hydrogen (secondary N) is 2. The molecule has 1 fully saturated rings. The molecule has 3 rings (SSSR count). The maximum atomic E-state index is 11.9. The van der Waals surface area contributed by atoms with Gasteiger partial charge in [-0.05, 0) is 0 Å². The first kappa shape index (κ1) is 13.3. The maximum absolute atomic E-state index is 11.9. The molecule has 0 saturated carbocycles. The highest BCUT2D eigenvalue weighted by Crippen LogP contribution is 2.25. The fourth-order valence-electron chi connectivity index (χ4n) is 1.99. The minimum absolute atomic E-state index is 0.164. The number of nitrogens with zero attached hydrogens (tertiary/aromatic N) is 4. The average molecular weight is 289 g/mol. The lowest BCUT2D eigenvalue weighted by atomic mass is 10.2. The van der Waals surface area contributed by atoms with E-state index in [-0.39, 0.29) is 17.4 Å². The molecule has 9 nitrogen and oxygen atoms in total. The minimum Gasteiger partial charge on any atom is -0.465 e. The van der Waals surface area contributed by atoms with Crippen LogP contribution in [0.4, 0.5) is 11.6 Å². The van der Waals surface area contributed by atoms with Crippen molar-refractivity contribution in [3.8, 4) is 5.82 Å². The lowest BCUT2D eigenvalue weighted by Crippen LogP contribution is -2.51. The standard InChI is InChI=1S/C12H15N7O2/c1-21-12(20)9-10(13)19(8-6-14-2-3-16-8)18-11(9)17-7-4-15-5-7/h2-3,6-7,15H,4-5,13H2,1H3,(H,17,18). The SMILES string of the molecule is COC(=O)c1c(NC2CNC2)nn(-c2cnccn2)c1N. The molecule has 2 aromatic heterocycles. The van der Waals surface area contributed by atoms with Crippen LogP contribution in [-0.2, 0) is 4.74 Å². The topological polar surface area (TPSA) is 120 Å². The van der Waals surface area contributed by atoms with E-state index in [2.05, 4.69) is 25.7 Å². The molecule has 2 aromatic rings. The lowest BCUT2D eigenvalue weighted by Gasteiger charge is -2.28. The molecule has 1 aliphatic heterocycles. The second kappa shape index (κ2) is 5.37. The van der Waals surface area contributed by atoms with Crippen LogP contribution < -0.4 is 16.4 Å². The summed E-state index contributed by atoms with van der Waals surface area (Å²) in [6, 6.07) is 0.206. The Hall–Kier alpha value is -2.68. The molecule has 0 aromatic carbocycles. The number of anilines is 2. The van der Waals surface area contributed by atoms with Gasteiger partial charge in [0.25, 0.3) is 0 Å². The highest BCUT2D eigenvalue weighted by atomic mass is 16.5. The molecule has 4 N–H and O–H groups in total. The van der Waals surface area contributed by atoms with Crippen molar-refractivity contribution in [1.82, 2.24) is 25.1 Å². The van der Waals surface area contributed by atoms with Crippen molar-refractivity contribution < 1.29 is 9.53 Å². The van der Waals surface area contributed by atoms with Crippen molar-refractivity contribution in [2.45, 2.75) is 6.04 Å². The van der Waals surface area contributed by atoms with Gasteiger partial charge in [0.15, 0.2) is 11.6 Å². The van der Waals surface area contributed by atoms with Gasteiger partial charge in [0, 0.05) is 25.5 Å². The number of nitrogens with two attached hydrogens (primary N) is 1. The van der Waals surface area contributed by atoms with E-state index in [1.54, 1.807) is 6.20 Å². The van der Waals surface area contributed by atoms with Gasteiger partial charge in [0.2, 0.25) is 0 Å². The Kier molecular flexibility index (Phi) is 3.40. The van der Waals surface area contributed by atoms with E-state index in [1.165, 1.54) is 24.2 Å². The van der Waals surface area contributed by atoms with Crippen molar-refractivity contribution >= 4 is 17.6 Å². The summed E-state index contributed by atoms with van der Waals surface area (Å²) in [4.78, 5) is 20.0. The quantitative estimate of drug-likeness (QED) is 0.639. The molecule has 0 aliphatic carbocycles. The summed E-state index contributed by atoms with van der Waals surface area (Å²) in [5.41, 5.74) is 6.23. The average Bonchev–Trinajstić information content (AvgIpc) is 2.80. The summed E-state index contributed by atoms with van der Waals surface area (Å²) < 4.78 is 6.14. The van der Waals surface area contributed by atoms with Gasteiger partial charge < -0.3 is 21.1 Å². The molecule has 0 unspecified atom stereocenters. The van der Waals surface area contributed by atoms with Gasteiger partial charge in [-0.2, -0.15) is 4.68 Å². The van der Waals surface area contributed by atoms with Crippen molar-refractivity contribution in [3.05, 3.63) is 24.2 Å². The zero-order chi connectivity index (χ0) is 14.8. The Bertz CT molecular complexity index is 651. The predicted octanol–water partition coefficient (Wildman–Crippen LogP) is -0.585. The Morgan fingerprint density at radius 3 is 2.90 bits per heavy atom. The summed E-state index contributed by atoms with van der Waals surface area (Å²) in [7, 11) is 1.30. The number of nitrogen functional groups attached to an aromatic ring is 1. The molecule has 21 heavy (non-hydrogen) atoms. The van der Waals surface area contributed by atoms with Crippen LogP contribution in [0.15, 0.2) is 18.6 Å². The summed E-state index contributed by atoms with van der Waals surface area (Å²) in [5.74, 6) is 0.436. The van der Waals surface area contributed by atoms with Gasteiger partial charge in [0.1, 0.15) is 11.4 Å². The number of methoxy groups -OCH3 is 1. The highest BCUT2D eigenvalue weighted by Gasteiger charge is 2.27. The van der Waals surface area contributed by atoms with Gasteiger partial charge in [-0.25, -0.2) is 9.78 Å². The van der Waals surface area contributed by atoms with Gasteiger partial charge in [-0.15, -0.1) is 5.10 Å². The summed E-state index contributed by atoms with van der Waals surface area (Å²) in [6.45, 7) is 1.61. The van der Waals surface area contributed by atoms with Gasteiger partial charge in [-0.3, -0.25) is 4.98 Å². The van der Waals surface area contributed by atoms with E-state index in [1.807, 2.05) is 0 Å². The van der Waals surface area contributed by atoms with Gasteiger partial charge in [0.05, 0.1) is 19.3 Å². The van der Waals surface area contributed by atoms with Crippen molar-refractivity contribution in [2.24, 2.45) is 0 Å². The third-order valence-electron chi connectivity index (χ3n) is 3.20. The van der Waals surface area contributed by atoms with Crippen LogP contribution in [0.2, 0.25) is 0 Å². The third kappa shape index (κ3) is 2.38. The fourth-order valence-corrected chi connectivity index (χ4v) is 1.99. The normalized spacial score (nSPS) is 14.5. The highest BCUT2D eigenvalue weighted by molar-refractivity contribution is 5.99. The zero-order valence-corrected chi connectivity index (χ0v) is 11.4. The number of carbonyl (C=O) groups excluding carboxylic acids is 1. The Labute approximate surface area is 120 Å². The van der Waals surface area contributed by atoms with E-state index in [0.717, 1.165) is 13.1 Å². The maximum Gasteiger partial charge on any atom is 0.345 e. The molecule has 0 spiro atoms. The second-order valence-electron chi connectivity index (χ2n) is 4.58. The zero-order valence-electron chi connectivity index (χ0n) is 11.4. The van der Waals surface area contributed by atoms with Crippen molar-refractivity contribution in [3.63, 3.8) is 0 Å². The number of hydrogen-bond acceptors (Lipinski definition) is 8. The fraction of sp³-hybridized carbons (Fsp3) is 0.333. The molecule has 110 valence electrons. The summed E-state index contributed by atoms with van der Waals surface area (Å²) in [6.07, 6.45) is 4.58.